The maximum absolute atomic E-state index is 13.4. The Balaban J connectivity index is 1.33. The van der Waals surface area contributed by atoms with E-state index in [1.54, 1.807) is 0 Å². The summed E-state index contributed by atoms with van der Waals surface area (Å²) in [6, 6.07) is 19.9. The van der Waals surface area contributed by atoms with Gasteiger partial charge in [0.1, 0.15) is 12.1 Å². The Kier molecular flexibility index (Phi) is 8.56. The van der Waals surface area contributed by atoms with E-state index < -0.39 is 5.54 Å². The molecule has 36 heavy (non-hydrogen) atoms. The third kappa shape index (κ3) is 6.57. The molecule has 2 aromatic carbocycles. The van der Waals surface area contributed by atoms with E-state index in [4.69, 9.17) is 18.8 Å². The van der Waals surface area contributed by atoms with Gasteiger partial charge in [0.15, 0.2) is 0 Å². The lowest BCUT2D eigenvalue weighted by molar-refractivity contribution is -0.153. The van der Waals surface area contributed by atoms with E-state index in [0.717, 1.165) is 30.3 Å². The van der Waals surface area contributed by atoms with E-state index in [2.05, 4.69) is 45.1 Å². The highest BCUT2D eigenvalue weighted by molar-refractivity contribution is 6.45. The molecule has 6 nitrogen and oxygen atoms in total. The van der Waals surface area contributed by atoms with Gasteiger partial charge in [-0.2, -0.15) is 0 Å². The molecule has 2 atom stereocenters. The normalized spacial score (nSPS) is 24.7. The number of carbonyl (C=O) groups excluding carboxylic acids is 1. The van der Waals surface area contributed by atoms with Crippen molar-refractivity contribution in [2.75, 3.05) is 6.54 Å². The van der Waals surface area contributed by atoms with Gasteiger partial charge < -0.3 is 18.8 Å². The fraction of sp³-hybridized carbons (Fsp3) is 0.552. The lowest BCUT2D eigenvalue weighted by Gasteiger charge is -2.32. The van der Waals surface area contributed by atoms with E-state index in [9.17, 15) is 4.79 Å². The monoisotopic (exact) mass is 493 g/mol. The van der Waals surface area contributed by atoms with E-state index >= 15 is 0 Å². The van der Waals surface area contributed by atoms with Crippen molar-refractivity contribution in [2.24, 2.45) is 0 Å². The molecule has 0 aliphatic carbocycles. The fourth-order valence-electron chi connectivity index (χ4n) is 4.88. The molecule has 0 spiro atoms. The largest absolute Gasteiger partial charge is 0.459 e. The van der Waals surface area contributed by atoms with Crippen LogP contribution in [0.2, 0.25) is 6.32 Å². The third-order valence-electron chi connectivity index (χ3n) is 7.77. The second-order valence-electron chi connectivity index (χ2n) is 11.1. The van der Waals surface area contributed by atoms with Crippen molar-refractivity contribution >= 4 is 13.1 Å². The van der Waals surface area contributed by atoms with Crippen LogP contribution in [0.3, 0.4) is 0 Å². The number of carbonyl (C=O) groups is 1. The first kappa shape index (κ1) is 26.9. The second-order valence-corrected chi connectivity index (χ2v) is 11.1. The van der Waals surface area contributed by atoms with Crippen molar-refractivity contribution in [3.05, 3.63) is 71.8 Å². The van der Waals surface area contributed by atoms with Gasteiger partial charge in [-0.1, -0.05) is 73.5 Å². The van der Waals surface area contributed by atoms with E-state index in [1.807, 2.05) is 48.5 Å². The Morgan fingerprint density at radius 3 is 2.11 bits per heavy atom. The van der Waals surface area contributed by atoms with E-state index in [1.165, 1.54) is 0 Å². The van der Waals surface area contributed by atoms with Crippen molar-refractivity contribution in [3.8, 4) is 0 Å². The summed E-state index contributed by atoms with van der Waals surface area (Å²) in [5, 5.41) is 3.49. The summed E-state index contributed by atoms with van der Waals surface area (Å²) >= 11 is 0. The number of benzene rings is 2. The van der Waals surface area contributed by atoms with Gasteiger partial charge in [0.25, 0.3) is 0 Å². The molecule has 0 saturated carbocycles. The van der Waals surface area contributed by atoms with Crippen LogP contribution in [0.5, 0.6) is 0 Å². The molecule has 2 aliphatic rings. The first-order valence-corrected chi connectivity index (χ1v) is 13.2. The van der Waals surface area contributed by atoms with Crippen LogP contribution in [-0.2, 0) is 36.8 Å². The molecule has 4 rings (SSSR count). The predicted molar refractivity (Wildman–Crippen MR) is 141 cm³/mol. The van der Waals surface area contributed by atoms with Crippen molar-refractivity contribution in [2.45, 2.75) is 95.8 Å². The minimum atomic E-state index is -0.744. The van der Waals surface area contributed by atoms with Crippen LogP contribution in [0.1, 0.15) is 64.5 Å². The van der Waals surface area contributed by atoms with Crippen molar-refractivity contribution in [1.82, 2.24) is 5.32 Å². The minimum absolute atomic E-state index is 0.0439. The van der Waals surface area contributed by atoms with Gasteiger partial charge in [0, 0.05) is 13.0 Å². The lowest BCUT2D eigenvalue weighted by atomic mass is 9.80. The molecule has 1 unspecified atom stereocenters. The van der Waals surface area contributed by atoms with Gasteiger partial charge in [-0.25, -0.2) is 0 Å². The molecule has 2 aromatic rings. The van der Waals surface area contributed by atoms with Crippen molar-refractivity contribution < 1.29 is 23.6 Å². The van der Waals surface area contributed by atoms with E-state index in [0.29, 0.717) is 26.0 Å². The van der Waals surface area contributed by atoms with Crippen LogP contribution in [0.4, 0.5) is 0 Å². The highest BCUT2D eigenvalue weighted by Crippen LogP contribution is 2.38. The molecule has 0 amide bonds. The Labute approximate surface area is 216 Å². The van der Waals surface area contributed by atoms with Crippen LogP contribution in [0.25, 0.3) is 0 Å². The van der Waals surface area contributed by atoms with Crippen LogP contribution in [0, 0.1) is 0 Å². The van der Waals surface area contributed by atoms with Crippen molar-refractivity contribution in [3.63, 3.8) is 0 Å². The highest BCUT2D eigenvalue weighted by Gasteiger charge is 2.51. The molecule has 0 radical (unpaired) electrons. The lowest BCUT2D eigenvalue weighted by Crippen LogP contribution is -2.48. The van der Waals surface area contributed by atoms with Gasteiger partial charge >= 0.3 is 13.1 Å². The maximum Gasteiger partial charge on any atom is 0.457 e. The molecule has 7 heteroatoms. The number of hydrogen-bond donors (Lipinski definition) is 1. The van der Waals surface area contributed by atoms with Crippen LogP contribution in [-0.4, -0.2) is 42.5 Å². The van der Waals surface area contributed by atoms with Gasteiger partial charge in [-0.15, -0.1) is 0 Å². The number of unbranched alkanes of at least 4 members (excludes halogenated alkanes) is 1. The number of hydrogen-bond acceptors (Lipinski definition) is 6. The zero-order chi connectivity index (χ0) is 25.7. The van der Waals surface area contributed by atoms with Crippen LogP contribution in [0.15, 0.2) is 60.7 Å². The average molecular weight is 493 g/mol. The molecular weight excluding hydrogens is 453 g/mol. The van der Waals surface area contributed by atoms with Gasteiger partial charge in [0.05, 0.1) is 23.9 Å². The summed E-state index contributed by atoms with van der Waals surface area (Å²) in [7, 11) is -0.213. The first-order chi connectivity index (χ1) is 17.2. The predicted octanol–water partition coefficient (Wildman–Crippen LogP) is 5.31. The SMILES string of the molecule is CC1(C)OB(CCCCC2(C(=O)OCc3ccccc3)C[C@@H](OCc3ccccc3)CN2)OC1(C)C. The Morgan fingerprint density at radius 1 is 0.917 bits per heavy atom. The van der Waals surface area contributed by atoms with Gasteiger partial charge in [0.2, 0.25) is 0 Å². The molecule has 2 heterocycles. The smallest absolute Gasteiger partial charge is 0.457 e. The summed E-state index contributed by atoms with van der Waals surface area (Å²) in [6.07, 6.45) is 3.81. The molecule has 0 aromatic heterocycles. The summed E-state index contributed by atoms with van der Waals surface area (Å²) in [6.45, 7) is 9.72. The topological polar surface area (TPSA) is 66.0 Å². The summed E-state index contributed by atoms with van der Waals surface area (Å²) in [5.41, 5.74) is 0.722. The summed E-state index contributed by atoms with van der Waals surface area (Å²) < 4.78 is 24.3. The molecule has 2 saturated heterocycles. The van der Waals surface area contributed by atoms with Crippen LogP contribution >= 0.6 is 0 Å². The number of esters is 1. The Morgan fingerprint density at radius 2 is 1.50 bits per heavy atom. The minimum Gasteiger partial charge on any atom is -0.459 e. The zero-order valence-corrected chi connectivity index (χ0v) is 22.1. The molecule has 0 bridgehead atoms. The molecule has 2 fully saturated rings. The molecule has 194 valence electrons. The standard InChI is InChI=1S/C29H40BNO5/c1-27(2)28(3,4)36-30(35-27)18-12-11-17-29(26(32)34-22-24-15-9-6-10-16-24)19-25(20-31-29)33-21-23-13-7-5-8-14-23/h5-10,13-16,25,31H,11-12,17-22H2,1-4H3/t25-,29?/m1/s1. The summed E-state index contributed by atoms with van der Waals surface area (Å²) in [5.74, 6) is -0.201. The number of nitrogens with one attached hydrogen (secondary N) is 1. The quantitative estimate of drug-likeness (QED) is 0.260. The van der Waals surface area contributed by atoms with Crippen LogP contribution < -0.4 is 5.32 Å². The summed E-state index contributed by atoms with van der Waals surface area (Å²) in [4.78, 5) is 13.4. The average Bonchev–Trinajstić information content (AvgIpc) is 3.37. The Bertz CT molecular complexity index is 968. The fourth-order valence-corrected chi connectivity index (χ4v) is 4.88. The third-order valence-corrected chi connectivity index (χ3v) is 7.77. The first-order valence-electron chi connectivity index (χ1n) is 13.2. The number of ether oxygens (including phenoxy) is 2. The second kappa shape index (κ2) is 11.5. The molecule has 1 N–H and O–H groups in total. The number of rotatable bonds is 11. The van der Waals surface area contributed by atoms with Crippen molar-refractivity contribution in [1.29, 1.82) is 0 Å². The molecular formula is C29H40BNO5. The van der Waals surface area contributed by atoms with E-state index in [-0.39, 0.29) is 37.0 Å². The van der Waals surface area contributed by atoms with Gasteiger partial charge in [-0.3, -0.25) is 10.1 Å². The zero-order valence-electron chi connectivity index (χ0n) is 22.1. The van der Waals surface area contributed by atoms with Gasteiger partial charge in [-0.05, 0) is 51.6 Å². The highest BCUT2D eigenvalue weighted by atomic mass is 16.7. The Hall–Kier alpha value is -2.19. The maximum atomic E-state index is 13.4. The molecule has 2 aliphatic heterocycles.